The molecular formula is C11H12O3. The van der Waals surface area contributed by atoms with Crippen molar-refractivity contribution < 1.29 is 14.6 Å². The zero-order valence-electron chi connectivity index (χ0n) is 7.93. The number of hydrogen-bond donors (Lipinski definition) is 1. The van der Waals surface area contributed by atoms with Crippen molar-refractivity contribution in [3.63, 3.8) is 0 Å². The Hall–Kier alpha value is -1.35. The van der Waals surface area contributed by atoms with E-state index in [2.05, 4.69) is 0 Å². The number of Topliss-reactive ketones (excluding diaryl/α,β-unsaturated/α-hetero) is 1. The number of aliphatic hydroxyl groups excluding tert-OH is 1. The largest absolute Gasteiger partial charge is 0.488 e. The second-order valence-corrected chi connectivity index (χ2v) is 3.49. The van der Waals surface area contributed by atoms with Crippen molar-refractivity contribution in [2.24, 2.45) is 5.92 Å². The van der Waals surface area contributed by atoms with Crippen molar-refractivity contribution in [1.82, 2.24) is 0 Å². The molecule has 0 saturated carbocycles. The highest BCUT2D eigenvalue weighted by atomic mass is 16.5. The van der Waals surface area contributed by atoms with Gasteiger partial charge in [0, 0.05) is 11.5 Å². The molecule has 2 rings (SSSR count). The van der Waals surface area contributed by atoms with Crippen molar-refractivity contribution in [2.75, 3.05) is 6.61 Å². The Morgan fingerprint density at radius 2 is 2.36 bits per heavy atom. The number of carbonyl (C=O) groups is 1. The Bertz CT molecular complexity index is 350. The number of fused-ring (bicyclic) bond motifs is 1. The summed E-state index contributed by atoms with van der Waals surface area (Å²) in [6.07, 6.45) is 7.33. The molecule has 0 bridgehead atoms. The van der Waals surface area contributed by atoms with Crippen LogP contribution in [0.1, 0.15) is 6.92 Å². The SMILES string of the molecule is CC(=O)C1=CC2OC(CO)=CC2C=C1. The van der Waals surface area contributed by atoms with Crippen LogP contribution in [0.25, 0.3) is 0 Å². The summed E-state index contributed by atoms with van der Waals surface area (Å²) in [5.41, 5.74) is 0.679. The molecule has 0 aromatic carbocycles. The molecule has 14 heavy (non-hydrogen) atoms. The van der Waals surface area contributed by atoms with Crippen LogP contribution >= 0.6 is 0 Å². The summed E-state index contributed by atoms with van der Waals surface area (Å²) in [5.74, 6) is 0.798. The van der Waals surface area contributed by atoms with Crippen LogP contribution in [0.15, 0.2) is 35.6 Å². The Balaban J connectivity index is 2.18. The minimum Gasteiger partial charge on any atom is -0.488 e. The fourth-order valence-corrected chi connectivity index (χ4v) is 1.68. The van der Waals surface area contributed by atoms with Gasteiger partial charge in [-0.05, 0) is 19.1 Å². The van der Waals surface area contributed by atoms with Crippen molar-refractivity contribution in [2.45, 2.75) is 13.0 Å². The van der Waals surface area contributed by atoms with E-state index in [0.717, 1.165) is 0 Å². The molecular weight excluding hydrogens is 180 g/mol. The number of ether oxygens (including phenoxy) is 1. The van der Waals surface area contributed by atoms with Crippen LogP contribution in [0, 0.1) is 5.92 Å². The fraction of sp³-hybridized carbons (Fsp3) is 0.364. The summed E-state index contributed by atoms with van der Waals surface area (Å²) in [7, 11) is 0. The van der Waals surface area contributed by atoms with Gasteiger partial charge in [0.25, 0.3) is 0 Å². The predicted octanol–water partition coefficient (Wildman–Crippen LogP) is 0.963. The van der Waals surface area contributed by atoms with E-state index in [1.807, 2.05) is 24.3 Å². The second-order valence-electron chi connectivity index (χ2n) is 3.49. The summed E-state index contributed by atoms with van der Waals surface area (Å²) in [6.45, 7) is 1.45. The van der Waals surface area contributed by atoms with Crippen LogP contribution in [0.2, 0.25) is 0 Å². The van der Waals surface area contributed by atoms with Crippen molar-refractivity contribution in [1.29, 1.82) is 0 Å². The van der Waals surface area contributed by atoms with E-state index >= 15 is 0 Å². The van der Waals surface area contributed by atoms with Crippen LogP contribution in [0.5, 0.6) is 0 Å². The standard InChI is InChI=1S/C11H12O3/c1-7(13)8-2-3-9-4-10(6-12)14-11(9)5-8/h2-5,9,11-12H,6H2,1H3. The van der Waals surface area contributed by atoms with Crippen LogP contribution in [-0.2, 0) is 9.53 Å². The third-order valence-electron chi connectivity index (χ3n) is 2.45. The molecule has 0 aromatic heterocycles. The van der Waals surface area contributed by atoms with Crippen molar-refractivity contribution in [3.05, 3.63) is 35.6 Å². The van der Waals surface area contributed by atoms with Gasteiger partial charge in [-0.1, -0.05) is 12.2 Å². The molecule has 0 saturated heterocycles. The van der Waals surface area contributed by atoms with E-state index in [0.29, 0.717) is 11.3 Å². The molecule has 0 amide bonds. The van der Waals surface area contributed by atoms with Gasteiger partial charge in [0.2, 0.25) is 0 Å². The van der Waals surface area contributed by atoms with Gasteiger partial charge in [-0.15, -0.1) is 0 Å². The summed E-state index contributed by atoms with van der Waals surface area (Å²) >= 11 is 0. The molecule has 1 aliphatic carbocycles. The van der Waals surface area contributed by atoms with E-state index in [1.165, 1.54) is 6.92 Å². The highest BCUT2D eigenvalue weighted by molar-refractivity contribution is 5.96. The maximum atomic E-state index is 11.1. The highest BCUT2D eigenvalue weighted by Crippen LogP contribution is 2.29. The molecule has 1 heterocycles. The summed E-state index contributed by atoms with van der Waals surface area (Å²) in [5, 5.41) is 8.88. The maximum absolute atomic E-state index is 11.1. The maximum Gasteiger partial charge on any atom is 0.159 e. The van der Waals surface area contributed by atoms with Crippen LogP contribution < -0.4 is 0 Å². The number of hydrogen-bond acceptors (Lipinski definition) is 3. The Morgan fingerprint density at radius 3 is 3.00 bits per heavy atom. The van der Waals surface area contributed by atoms with Crippen LogP contribution in [-0.4, -0.2) is 23.6 Å². The Labute approximate surface area is 82.4 Å². The third kappa shape index (κ3) is 1.51. The molecule has 3 heteroatoms. The van der Waals surface area contributed by atoms with E-state index in [1.54, 1.807) is 0 Å². The summed E-state index contributed by atoms with van der Waals surface area (Å²) in [4.78, 5) is 11.1. The van der Waals surface area contributed by atoms with Gasteiger partial charge in [-0.3, -0.25) is 4.79 Å². The lowest BCUT2D eigenvalue weighted by Crippen LogP contribution is -2.17. The molecule has 1 N–H and O–H groups in total. The molecule has 2 unspecified atom stereocenters. The topological polar surface area (TPSA) is 46.5 Å². The number of ketones is 1. The second kappa shape index (κ2) is 3.42. The Kier molecular flexibility index (Phi) is 2.25. The Morgan fingerprint density at radius 1 is 1.57 bits per heavy atom. The first-order valence-corrected chi connectivity index (χ1v) is 4.60. The molecule has 74 valence electrons. The average Bonchev–Trinajstić information content (AvgIpc) is 2.58. The predicted molar refractivity (Wildman–Crippen MR) is 51.4 cm³/mol. The van der Waals surface area contributed by atoms with Crippen LogP contribution in [0.3, 0.4) is 0 Å². The van der Waals surface area contributed by atoms with Gasteiger partial charge in [-0.25, -0.2) is 0 Å². The molecule has 0 fully saturated rings. The van der Waals surface area contributed by atoms with Gasteiger partial charge in [0.05, 0.1) is 0 Å². The number of carbonyl (C=O) groups excluding carboxylic acids is 1. The fourth-order valence-electron chi connectivity index (χ4n) is 1.68. The lowest BCUT2D eigenvalue weighted by atomic mass is 9.93. The third-order valence-corrected chi connectivity index (χ3v) is 2.45. The van der Waals surface area contributed by atoms with E-state index in [4.69, 9.17) is 9.84 Å². The molecule has 2 aliphatic rings. The molecule has 3 nitrogen and oxygen atoms in total. The van der Waals surface area contributed by atoms with Crippen molar-refractivity contribution >= 4 is 5.78 Å². The minimum atomic E-state index is -0.110. The highest BCUT2D eigenvalue weighted by Gasteiger charge is 2.28. The molecule has 0 radical (unpaired) electrons. The smallest absolute Gasteiger partial charge is 0.159 e. The molecule has 1 aliphatic heterocycles. The number of rotatable bonds is 2. The zero-order chi connectivity index (χ0) is 10.1. The minimum absolute atomic E-state index is 0.0424. The quantitative estimate of drug-likeness (QED) is 0.709. The summed E-state index contributed by atoms with van der Waals surface area (Å²) < 4.78 is 5.43. The first-order valence-electron chi connectivity index (χ1n) is 4.60. The van der Waals surface area contributed by atoms with Gasteiger partial charge >= 0.3 is 0 Å². The van der Waals surface area contributed by atoms with Gasteiger partial charge in [-0.2, -0.15) is 0 Å². The van der Waals surface area contributed by atoms with Crippen molar-refractivity contribution in [3.8, 4) is 0 Å². The van der Waals surface area contributed by atoms with Gasteiger partial charge < -0.3 is 9.84 Å². The lowest BCUT2D eigenvalue weighted by molar-refractivity contribution is -0.113. The lowest BCUT2D eigenvalue weighted by Gasteiger charge is -2.17. The van der Waals surface area contributed by atoms with E-state index < -0.39 is 0 Å². The summed E-state index contributed by atoms with van der Waals surface area (Å²) in [6, 6.07) is 0. The average molecular weight is 192 g/mol. The number of allylic oxidation sites excluding steroid dienone is 2. The number of aliphatic hydroxyl groups is 1. The van der Waals surface area contributed by atoms with Gasteiger partial charge in [0.1, 0.15) is 18.5 Å². The zero-order valence-corrected chi connectivity index (χ0v) is 7.93. The molecule has 0 aromatic rings. The molecule has 2 atom stereocenters. The van der Waals surface area contributed by atoms with E-state index in [-0.39, 0.29) is 24.4 Å². The normalized spacial score (nSPS) is 29.0. The van der Waals surface area contributed by atoms with Gasteiger partial charge in [0.15, 0.2) is 5.78 Å². The first kappa shape index (κ1) is 9.21. The monoisotopic (exact) mass is 192 g/mol. The van der Waals surface area contributed by atoms with E-state index in [9.17, 15) is 4.79 Å². The first-order chi connectivity index (χ1) is 6.70. The molecule has 0 spiro atoms. The van der Waals surface area contributed by atoms with Crippen LogP contribution in [0.4, 0.5) is 0 Å².